The number of aliphatic hydroxyl groups is 1. The van der Waals surface area contributed by atoms with Crippen LogP contribution >= 0.6 is 0 Å². The number of phenolic OH excluding ortho intramolecular Hbond substituents is 1. The smallest absolute Gasteiger partial charge is 0.138 e. The summed E-state index contributed by atoms with van der Waals surface area (Å²) in [6, 6.07) is 11.0. The van der Waals surface area contributed by atoms with Gasteiger partial charge in [-0.25, -0.2) is 0 Å². The summed E-state index contributed by atoms with van der Waals surface area (Å²) in [6.45, 7) is 12.7. The van der Waals surface area contributed by atoms with Gasteiger partial charge in [-0.15, -0.1) is 0 Å². The van der Waals surface area contributed by atoms with Gasteiger partial charge in [-0.2, -0.15) is 0 Å². The molecule has 0 spiro atoms. The van der Waals surface area contributed by atoms with Crippen molar-refractivity contribution >= 4 is 11.1 Å². The van der Waals surface area contributed by atoms with E-state index in [9.17, 15) is 10.2 Å². The first-order valence-electron chi connectivity index (χ1n) is 11.4. The van der Waals surface area contributed by atoms with E-state index in [0.29, 0.717) is 11.7 Å². The van der Waals surface area contributed by atoms with E-state index in [1.165, 1.54) is 5.57 Å². The first-order valence-corrected chi connectivity index (χ1v) is 11.4. The van der Waals surface area contributed by atoms with Gasteiger partial charge in [0.2, 0.25) is 0 Å². The second-order valence-electron chi connectivity index (χ2n) is 8.79. The van der Waals surface area contributed by atoms with Gasteiger partial charge in [0.25, 0.3) is 0 Å². The quantitative estimate of drug-likeness (QED) is 0.546. The highest BCUT2D eigenvalue weighted by atomic mass is 16.5. The van der Waals surface area contributed by atoms with Gasteiger partial charge in [-0.3, -0.25) is 0 Å². The van der Waals surface area contributed by atoms with Crippen LogP contribution in [0.25, 0.3) is 11.1 Å². The van der Waals surface area contributed by atoms with E-state index >= 15 is 0 Å². The minimum absolute atomic E-state index is 0.225. The monoisotopic (exact) mass is 432 g/mol. The molecule has 0 radical (unpaired) electrons. The fourth-order valence-electron chi connectivity index (χ4n) is 4.72. The number of ether oxygens (including phenoxy) is 2. The largest absolute Gasteiger partial charge is 0.508 e. The lowest BCUT2D eigenvalue weighted by Gasteiger charge is -2.36. The third kappa shape index (κ3) is 3.95. The molecule has 3 atom stereocenters. The Morgan fingerprint density at radius 1 is 1.09 bits per heavy atom. The van der Waals surface area contributed by atoms with Crippen LogP contribution in [0.3, 0.4) is 0 Å². The molecule has 0 aromatic heterocycles. The Balaban J connectivity index is 1.64. The third-order valence-electron chi connectivity index (χ3n) is 6.99. The highest BCUT2D eigenvalue weighted by molar-refractivity contribution is 6.06. The lowest BCUT2D eigenvalue weighted by atomic mass is 9.79. The molecule has 4 heteroatoms. The van der Waals surface area contributed by atoms with E-state index < -0.39 is 6.10 Å². The summed E-state index contributed by atoms with van der Waals surface area (Å²) in [5, 5.41) is 20.4. The van der Waals surface area contributed by atoms with Gasteiger partial charge in [-0.1, -0.05) is 38.1 Å². The number of allylic oxidation sites excluding steroid dienone is 3. The van der Waals surface area contributed by atoms with Crippen molar-refractivity contribution in [2.75, 3.05) is 0 Å². The molecule has 1 aliphatic carbocycles. The van der Waals surface area contributed by atoms with Crippen molar-refractivity contribution in [2.24, 2.45) is 5.92 Å². The molecule has 2 N–H and O–H groups in total. The van der Waals surface area contributed by atoms with Crippen LogP contribution in [0.4, 0.5) is 0 Å². The van der Waals surface area contributed by atoms with Crippen LogP contribution in [-0.4, -0.2) is 22.4 Å². The molecule has 0 amide bonds. The molecule has 32 heavy (non-hydrogen) atoms. The van der Waals surface area contributed by atoms with E-state index in [1.807, 2.05) is 25.1 Å². The van der Waals surface area contributed by atoms with E-state index in [2.05, 4.69) is 33.4 Å². The first-order chi connectivity index (χ1) is 15.3. The summed E-state index contributed by atoms with van der Waals surface area (Å²) in [4.78, 5) is 0. The average molecular weight is 433 g/mol. The first kappa shape index (κ1) is 22.2. The zero-order valence-corrected chi connectivity index (χ0v) is 19.3. The van der Waals surface area contributed by atoms with Gasteiger partial charge in [0.05, 0.1) is 6.26 Å². The Kier molecular flexibility index (Phi) is 6.16. The summed E-state index contributed by atoms with van der Waals surface area (Å²) < 4.78 is 12.4. The lowest BCUT2D eigenvalue weighted by molar-refractivity contribution is 0.0347. The third-order valence-corrected chi connectivity index (χ3v) is 6.99. The number of rotatable bonds is 5. The van der Waals surface area contributed by atoms with Crippen LogP contribution < -0.4 is 9.47 Å². The van der Waals surface area contributed by atoms with Gasteiger partial charge in [0.15, 0.2) is 0 Å². The second-order valence-corrected chi connectivity index (χ2v) is 8.79. The average Bonchev–Trinajstić information content (AvgIpc) is 2.80. The summed E-state index contributed by atoms with van der Waals surface area (Å²) in [5.41, 5.74) is 6.99. The Morgan fingerprint density at radius 3 is 2.47 bits per heavy atom. The van der Waals surface area contributed by atoms with Gasteiger partial charge in [0, 0.05) is 17.2 Å². The van der Waals surface area contributed by atoms with Crippen molar-refractivity contribution in [2.45, 2.75) is 59.2 Å². The van der Waals surface area contributed by atoms with Crippen molar-refractivity contribution in [3.8, 4) is 17.2 Å². The molecule has 0 bridgehead atoms. The molecule has 3 unspecified atom stereocenters. The Morgan fingerprint density at radius 2 is 1.81 bits per heavy atom. The Bertz CT molecular complexity index is 1090. The molecule has 2 aromatic rings. The molecule has 2 aliphatic rings. The highest BCUT2D eigenvalue weighted by Gasteiger charge is 2.34. The van der Waals surface area contributed by atoms with Crippen molar-refractivity contribution < 1.29 is 19.7 Å². The fraction of sp³-hybridized carbons (Fsp3) is 0.357. The number of fused-ring (bicyclic) bond motifs is 1. The Labute approximate surface area is 190 Å². The SMILES string of the molecule is C=C1C(c2ccc(O)cc2)=COc2cc(OC3CC(CC)C(C)=C(C)C3O)c(CC)cc21. The lowest BCUT2D eigenvalue weighted by Crippen LogP contribution is -2.39. The van der Waals surface area contributed by atoms with Crippen LogP contribution in [0, 0.1) is 5.92 Å². The molecule has 0 saturated carbocycles. The maximum Gasteiger partial charge on any atom is 0.138 e. The molecule has 4 nitrogen and oxygen atoms in total. The van der Waals surface area contributed by atoms with Crippen LogP contribution in [0.2, 0.25) is 0 Å². The molecule has 0 saturated heterocycles. The van der Waals surface area contributed by atoms with Crippen molar-refractivity contribution in [1.82, 2.24) is 0 Å². The maximum absolute atomic E-state index is 10.9. The highest BCUT2D eigenvalue weighted by Crippen LogP contribution is 2.43. The number of benzene rings is 2. The molecule has 1 heterocycles. The molecular weight excluding hydrogens is 400 g/mol. The number of aromatic hydroxyl groups is 1. The predicted octanol–water partition coefficient (Wildman–Crippen LogP) is 6.28. The minimum Gasteiger partial charge on any atom is -0.508 e. The maximum atomic E-state index is 10.9. The van der Waals surface area contributed by atoms with Crippen LogP contribution in [0.15, 0.2) is 60.4 Å². The van der Waals surface area contributed by atoms with E-state index in [1.54, 1.807) is 18.4 Å². The molecule has 2 aromatic carbocycles. The van der Waals surface area contributed by atoms with E-state index in [4.69, 9.17) is 9.47 Å². The van der Waals surface area contributed by atoms with Crippen LogP contribution in [0.5, 0.6) is 17.2 Å². The van der Waals surface area contributed by atoms with Crippen LogP contribution in [0.1, 0.15) is 57.2 Å². The molecule has 0 fully saturated rings. The Hall–Kier alpha value is -2.98. The fourth-order valence-corrected chi connectivity index (χ4v) is 4.72. The van der Waals surface area contributed by atoms with Gasteiger partial charge in [-0.05, 0) is 79.5 Å². The molecule has 168 valence electrons. The number of aryl methyl sites for hydroxylation is 1. The summed E-state index contributed by atoms with van der Waals surface area (Å²) in [6.07, 6.45) is 3.46. The molecule has 4 rings (SSSR count). The molecule has 1 aliphatic heterocycles. The van der Waals surface area contributed by atoms with Gasteiger partial charge < -0.3 is 19.7 Å². The van der Waals surface area contributed by atoms with Crippen molar-refractivity contribution in [1.29, 1.82) is 0 Å². The summed E-state index contributed by atoms with van der Waals surface area (Å²) in [7, 11) is 0. The normalized spacial score (nSPS) is 22.8. The van der Waals surface area contributed by atoms with Gasteiger partial charge in [0.1, 0.15) is 29.5 Å². The topological polar surface area (TPSA) is 58.9 Å². The van der Waals surface area contributed by atoms with E-state index in [0.717, 1.165) is 58.4 Å². The minimum atomic E-state index is -0.601. The van der Waals surface area contributed by atoms with E-state index in [-0.39, 0.29) is 11.9 Å². The second kappa shape index (κ2) is 8.87. The number of phenols is 1. The van der Waals surface area contributed by atoms with Crippen molar-refractivity contribution in [3.63, 3.8) is 0 Å². The summed E-state index contributed by atoms with van der Waals surface area (Å²) >= 11 is 0. The zero-order chi connectivity index (χ0) is 23.0. The van der Waals surface area contributed by atoms with Crippen molar-refractivity contribution in [3.05, 3.63) is 77.1 Å². The number of hydrogen-bond donors (Lipinski definition) is 2. The molecular formula is C28H32O4. The summed E-state index contributed by atoms with van der Waals surface area (Å²) in [5.74, 6) is 2.11. The number of hydrogen-bond acceptors (Lipinski definition) is 4. The standard InChI is InChI=1S/C28H32O4/c1-6-19-13-27(28(30)17(4)16(19)3)32-25-14-26-23(12-20(25)7-2)18(5)24(15-31-26)21-8-10-22(29)11-9-21/h8-12,14-15,19,27-30H,5-7,13H2,1-4H3. The van der Waals surface area contributed by atoms with Crippen LogP contribution in [-0.2, 0) is 6.42 Å². The number of aliphatic hydroxyl groups excluding tert-OH is 1. The predicted molar refractivity (Wildman–Crippen MR) is 129 cm³/mol. The zero-order valence-electron chi connectivity index (χ0n) is 19.3. The van der Waals surface area contributed by atoms with Gasteiger partial charge >= 0.3 is 0 Å².